The zero-order valence-electron chi connectivity index (χ0n) is 30.4. The summed E-state index contributed by atoms with van der Waals surface area (Å²) >= 11 is 0. The van der Waals surface area contributed by atoms with Crippen LogP contribution >= 0.6 is 0 Å². The van der Waals surface area contributed by atoms with Crippen LogP contribution in [0.2, 0.25) is 0 Å². The highest BCUT2D eigenvalue weighted by molar-refractivity contribution is 6.25. The topological polar surface area (TPSA) is 32.0 Å². The lowest BCUT2D eigenvalue weighted by molar-refractivity contribution is 1.18. The number of para-hydroxylation sites is 1. The van der Waals surface area contributed by atoms with Gasteiger partial charge < -0.3 is 9.47 Å². The molecule has 3 nitrogen and oxygen atoms in total. The Kier molecular flexibility index (Phi) is 7.23. The minimum Gasteiger partial charge on any atom is -0.310 e. The van der Waals surface area contributed by atoms with Crippen LogP contribution in [0.25, 0.3) is 82.7 Å². The second-order valence-corrected chi connectivity index (χ2v) is 14.5. The summed E-state index contributed by atoms with van der Waals surface area (Å²) in [7, 11) is 0. The summed E-state index contributed by atoms with van der Waals surface area (Å²) < 4.78 is 2.39. The van der Waals surface area contributed by atoms with Gasteiger partial charge in [0.15, 0.2) is 0 Å². The number of fused-ring (bicyclic) bond motifs is 4. The molecule has 0 fully saturated rings. The van der Waals surface area contributed by atoms with E-state index in [2.05, 4.69) is 191 Å². The summed E-state index contributed by atoms with van der Waals surface area (Å²) in [6.45, 7) is 0. The largest absolute Gasteiger partial charge is 0.310 e. The molecule has 0 radical (unpaired) electrons. The number of nitriles is 1. The molecule has 1 heterocycles. The van der Waals surface area contributed by atoms with E-state index in [1.54, 1.807) is 0 Å². The highest BCUT2D eigenvalue weighted by Crippen LogP contribution is 2.41. The summed E-state index contributed by atoms with van der Waals surface area (Å²) in [5.41, 5.74) is 9.78. The average molecular weight is 712 g/mol. The lowest BCUT2D eigenvalue weighted by atomic mass is 9.97. The number of nitrogens with zero attached hydrogens (tertiary/aromatic N) is 3. The number of aromatic nitrogens is 1. The zero-order valence-corrected chi connectivity index (χ0v) is 30.4. The molecule has 0 aliphatic rings. The van der Waals surface area contributed by atoms with Crippen molar-refractivity contribution in [2.75, 3.05) is 4.90 Å². The number of hydrogen-bond donors (Lipinski definition) is 0. The molecule has 0 saturated heterocycles. The smallest absolute Gasteiger partial charge is 0.0991 e. The summed E-state index contributed by atoms with van der Waals surface area (Å²) in [5, 5.41) is 21.8. The Morgan fingerprint density at radius 2 is 1.05 bits per heavy atom. The molecule has 0 bridgehead atoms. The Morgan fingerprint density at radius 3 is 1.88 bits per heavy atom. The highest BCUT2D eigenvalue weighted by atomic mass is 15.1. The van der Waals surface area contributed by atoms with Gasteiger partial charge >= 0.3 is 0 Å². The lowest BCUT2D eigenvalue weighted by Gasteiger charge is -2.26. The molecule has 11 aromatic rings. The second-order valence-electron chi connectivity index (χ2n) is 14.5. The molecule has 0 atom stereocenters. The Hall–Kier alpha value is -7.67. The maximum absolute atomic E-state index is 9.48. The minimum atomic E-state index is 0.643. The Balaban J connectivity index is 0.964. The SMILES string of the molecule is N#Cc1ccc(N(c2ccc3ccccc3c2)c2ccc3c(ccc4cc(/C=C/c5ccc6c7c5ccc5cccc(c57)n6-c5ccccc5)ccc43)c2)cc1. The molecule has 0 spiro atoms. The molecular formula is C53H33N3. The zero-order chi connectivity index (χ0) is 37.2. The van der Waals surface area contributed by atoms with Crippen molar-refractivity contribution in [3.63, 3.8) is 0 Å². The summed E-state index contributed by atoms with van der Waals surface area (Å²) in [6.07, 6.45) is 4.50. The Labute approximate surface area is 324 Å². The fraction of sp³-hybridized carbons (Fsp3) is 0. The van der Waals surface area contributed by atoms with Crippen molar-refractivity contribution in [3.8, 4) is 11.8 Å². The van der Waals surface area contributed by atoms with Crippen LogP contribution in [-0.4, -0.2) is 4.57 Å². The Bertz CT molecular complexity index is 3360. The maximum Gasteiger partial charge on any atom is 0.0991 e. The van der Waals surface area contributed by atoms with Crippen LogP contribution in [0.15, 0.2) is 188 Å². The number of anilines is 3. The van der Waals surface area contributed by atoms with Crippen LogP contribution in [0, 0.1) is 11.3 Å². The molecule has 0 aliphatic carbocycles. The molecule has 0 amide bonds. The Morgan fingerprint density at radius 1 is 0.429 bits per heavy atom. The molecule has 3 heteroatoms. The van der Waals surface area contributed by atoms with E-state index in [4.69, 9.17) is 0 Å². The van der Waals surface area contributed by atoms with Gasteiger partial charge in [0.2, 0.25) is 0 Å². The molecule has 11 rings (SSSR count). The molecule has 0 N–H and O–H groups in total. The number of rotatable bonds is 6. The van der Waals surface area contributed by atoms with Crippen molar-refractivity contribution >= 4 is 94.1 Å². The molecule has 10 aromatic carbocycles. The van der Waals surface area contributed by atoms with Crippen LogP contribution in [0.3, 0.4) is 0 Å². The predicted octanol–water partition coefficient (Wildman–Crippen LogP) is 14.3. The van der Waals surface area contributed by atoms with Gasteiger partial charge in [0.25, 0.3) is 0 Å². The molecular weight excluding hydrogens is 679 g/mol. The quantitative estimate of drug-likeness (QED) is 0.127. The first-order chi connectivity index (χ1) is 27.7. The van der Waals surface area contributed by atoms with E-state index in [0.29, 0.717) is 5.56 Å². The third-order valence-electron chi connectivity index (χ3n) is 11.3. The van der Waals surface area contributed by atoms with Crippen LogP contribution in [0.1, 0.15) is 16.7 Å². The van der Waals surface area contributed by atoms with Gasteiger partial charge in [-0.1, -0.05) is 121 Å². The van der Waals surface area contributed by atoms with Crippen LogP contribution in [-0.2, 0) is 0 Å². The van der Waals surface area contributed by atoms with Crippen molar-refractivity contribution in [1.82, 2.24) is 4.57 Å². The van der Waals surface area contributed by atoms with Crippen molar-refractivity contribution in [3.05, 3.63) is 205 Å². The van der Waals surface area contributed by atoms with Crippen molar-refractivity contribution < 1.29 is 0 Å². The minimum absolute atomic E-state index is 0.643. The summed E-state index contributed by atoms with van der Waals surface area (Å²) in [4.78, 5) is 2.27. The van der Waals surface area contributed by atoms with Gasteiger partial charge in [0, 0.05) is 33.5 Å². The van der Waals surface area contributed by atoms with E-state index >= 15 is 0 Å². The standard InChI is InChI=1S/C53H33N3/c54-34-36-14-23-44(24-15-36)55(45-25-20-37-7-4-5-8-40(37)32-45)46-26-29-48-42(33-46)19-18-41-31-35(16-27-47(41)48)13-17-38-22-30-51-53-49(38)28-21-39-9-6-12-50(52(39)53)56(51)43-10-2-1-3-11-43/h1-33H/b17-13+. The third kappa shape index (κ3) is 5.12. The lowest BCUT2D eigenvalue weighted by Crippen LogP contribution is -2.10. The molecule has 0 aliphatic heterocycles. The number of benzene rings is 10. The first-order valence-electron chi connectivity index (χ1n) is 19.0. The molecule has 0 unspecified atom stereocenters. The van der Waals surface area contributed by atoms with E-state index in [0.717, 1.165) is 22.6 Å². The average Bonchev–Trinajstić information content (AvgIpc) is 3.61. The van der Waals surface area contributed by atoms with E-state index in [1.807, 2.05) is 24.3 Å². The fourth-order valence-electron chi connectivity index (χ4n) is 8.67. The first-order valence-corrected chi connectivity index (χ1v) is 19.0. The first kappa shape index (κ1) is 31.8. The van der Waals surface area contributed by atoms with Gasteiger partial charge in [-0.15, -0.1) is 0 Å². The van der Waals surface area contributed by atoms with Gasteiger partial charge in [-0.25, -0.2) is 0 Å². The summed E-state index contributed by atoms with van der Waals surface area (Å²) in [5.74, 6) is 0. The molecule has 260 valence electrons. The van der Waals surface area contributed by atoms with E-state index < -0.39 is 0 Å². The fourth-order valence-corrected chi connectivity index (χ4v) is 8.67. The number of hydrogen-bond acceptors (Lipinski definition) is 2. The van der Waals surface area contributed by atoms with Crippen LogP contribution < -0.4 is 4.90 Å². The van der Waals surface area contributed by atoms with Gasteiger partial charge in [-0.3, -0.25) is 0 Å². The van der Waals surface area contributed by atoms with Crippen LogP contribution in [0.4, 0.5) is 17.1 Å². The van der Waals surface area contributed by atoms with Gasteiger partial charge in [0.05, 0.1) is 22.7 Å². The maximum atomic E-state index is 9.48. The summed E-state index contributed by atoms with van der Waals surface area (Å²) in [6, 6.07) is 69.4. The van der Waals surface area contributed by atoms with Gasteiger partial charge in [-0.05, 0) is 133 Å². The predicted molar refractivity (Wildman–Crippen MR) is 237 cm³/mol. The third-order valence-corrected chi connectivity index (χ3v) is 11.3. The van der Waals surface area contributed by atoms with Crippen LogP contribution in [0.5, 0.6) is 0 Å². The molecule has 56 heavy (non-hydrogen) atoms. The van der Waals surface area contributed by atoms with Crippen molar-refractivity contribution in [2.45, 2.75) is 0 Å². The van der Waals surface area contributed by atoms with Crippen molar-refractivity contribution in [2.24, 2.45) is 0 Å². The van der Waals surface area contributed by atoms with E-state index in [9.17, 15) is 5.26 Å². The second kappa shape index (κ2) is 12.7. The molecule has 1 aromatic heterocycles. The van der Waals surface area contributed by atoms with E-state index in [-0.39, 0.29) is 0 Å². The van der Waals surface area contributed by atoms with E-state index in [1.165, 1.54) is 76.1 Å². The normalized spacial score (nSPS) is 11.8. The monoisotopic (exact) mass is 711 g/mol. The molecule has 0 saturated carbocycles. The van der Waals surface area contributed by atoms with Gasteiger partial charge in [-0.2, -0.15) is 5.26 Å². The van der Waals surface area contributed by atoms with Gasteiger partial charge in [0.1, 0.15) is 0 Å². The van der Waals surface area contributed by atoms with Crippen molar-refractivity contribution in [1.29, 1.82) is 5.26 Å². The highest BCUT2D eigenvalue weighted by Gasteiger charge is 2.18.